The van der Waals surface area contributed by atoms with Gasteiger partial charge in [0.2, 0.25) is 5.89 Å². The van der Waals surface area contributed by atoms with Crippen molar-refractivity contribution in [3.05, 3.63) is 90.3 Å². The van der Waals surface area contributed by atoms with Gasteiger partial charge in [-0.1, -0.05) is 41.9 Å². The first-order valence-corrected chi connectivity index (χ1v) is 10.0. The van der Waals surface area contributed by atoms with Gasteiger partial charge in [0.1, 0.15) is 11.4 Å². The molecular weight excluding hydrogens is 412 g/mol. The van der Waals surface area contributed by atoms with Crippen LogP contribution in [-0.4, -0.2) is 17.1 Å². The normalized spacial score (nSPS) is 10.9. The van der Waals surface area contributed by atoms with Gasteiger partial charge in [-0.2, -0.15) is 0 Å². The summed E-state index contributed by atoms with van der Waals surface area (Å²) in [5.41, 5.74) is 3.84. The summed E-state index contributed by atoms with van der Waals surface area (Å²) in [4.78, 5) is 9.21. The fourth-order valence-electron chi connectivity index (χ4n) is 3.34. The van der Waals surface area contributed by atoms with Crippen LogP contribution in [0.1, 0.15) is 0 Å². The molecule has 152 valence electrons. The Labute approximate surface area is 183 Å². The van der Waals surface area contributed by atoms with Gasteiger partial charge in [-0.25, -0.2) is 9.97 Å². The van der Waals surface area contributed by atoms with Crippen LogP contribution in [0.5, 0.6) is 5.75 Å². The molecule has 0 unspecified atom stereocenters. The molecule has 0 aliphatic heterocycles. The van der Waals surface area contributed by atoms with E-state index in [4.69, 9.17) is 30.2 Å². The van der Waals surface area contributed by atoms with E-state index in [0.29, 0.717) is 33.8 Å². The van der Waals surface area contributed by atoms with E-state index in [2.05, 4.69) is 4.98 Å². The molecule has 0 fully saturated rings. The predicted molar refractivity (Wildman–Crippen MR) is 120 cm³/mol. The molecule has 0 radical (unpaired) electrons. The average molecular weight is 429 g/mol. The van der Waals surface area contributed by atoms with E-state index < -0.39 is 0 Å². The molecule has 2 heterocycles. The summed E-state index contributed by atoms with van der Waals surface area (Å²) in [6.07, 6.45) is 1.41. The van der Waals surface area contributed by atoms with E-state index >= 15 is 0 Å². The highest BCUT2D eigenvalue weighted by molar-refractivity contribution is 6.30. The second-order valence-electron chi connectivity index (χ2n) is 6.83. The van der Waals surface area contributed by atoms with Gasteiger partial charge in [-0.3, -0.25) is 0 Å². The number of aromatic nitrogens is 2. The van der Waals surface area contributed by atoms with Gasteiger partial charge in [-0.05, 0) is 48.5 Å². The van der Waals surface area contributed by atoms with Crippen molar-refractivity contribution >= 4 is 11.6 Å². The van der Waals surface area contributed by atoms with Crippen molar-refractivity contribution in [2.45, 2.75) is 0 Å². The summed E-state index contributed by atoms with van der Waals surface area (Å²) >= 11 is 6.05. The third kappa shape index (κ3) is 3.71. The smallest absolute Gasteiger partial charge is 0.227 e. The number of ether oxygens (including phenoxy) is 1. The van der Waals surface area contributed by atoms with Crippen molar-refractivity contribution in [1.82, 2.24) is 9.97 Å². The van der Waals surface area contributed by atoms with Crippen LogP contribution in [-0.2, 0) is 0 Å². The van der Waals surface area contributed by atoms with Gasteiger partial charge in [0, 0.05) is 21.7 Å². The monoisotopic (exact) mass is 428 g/mol. The summed E-state index contributed by atoms with van der Waals surface area (Å²) in [6, 6.07) is 24.8. The fourth-order valence-corrected chi connectivity index (χ4v) is 3.47. The van der Waals surface area contributed by atoms with Crippen molar-refractivity contribution < 1.29 is 13.6 Å². The van der Waals surface area contributed by atoms with Crippen LogP contribution in [0.2, 0.25) is 5.02 Å². The zero-order valence-corrected chi connectivity index (χ0v) is 17.3. The van der Waals surface area contributed by atoms with E-state index in [0.717, 1.165) is 22.4 Å². The molecule has 0 amide bonds. The fraction of sp³-hybridized carbons (Fsp3) is 0.0400. The Morgan fingerprint density at radius 1 is 0.742 bits per heavy atom. The summed E-state index contributed by atoms with van der Waals surface area (Å²) in [6.45, 7) is 0. The van der Waals surface area contributed by atoms with Crippen molar-refractivity contribution in [3.8, 4) is 51.2 Å². The second kappa shape index (κ2) is 8.13. The SMILES string of the molecule is COc1ccc(-c2oc(-c3ccccc3)nc2-c2ocnc2-c2ccc(Cl)cc2)cc1. The molecule has 6 heteroatoms. The van der Waals surface area contributed by atoms with Crippen LogP contribution in [0.3, 0.4) is 0 Å². The molecule has 0 atom stereocenters. The quantitative estimate of drug-likeness (QED) is 0.302. The molecule has 0 aliphatic rings. The lowest BCUT2D eigenvalue weighted by Gasteiger charge is -2.03. The topological polar surface area (TPSA) is 61.3 Å². The molecule has 5 rings (SSSR count). The number of methoxy groups -OCH3 is 1. The molecule has 0 saturated carbocycles. The van der Waals surface area contributed by atoms with E-state index in [9.17, 15) is 0 Å². The highest BCUT2D eigenvalue weighted by atomic mass is 35.5. The molecule has 5 aromatic rings. The largest absolute Gasteiger partial charge is 0.497 e. The van der Waals surface area contributed by atoms with E-state index in [1.54, 1.807) is 7.11 Å². The third-order valence-electron chi connectivity index (χ3n) is 4.90. The average Bonchev–Trinajstić information content (AvgIpc) is 3.48. The second-order valence-corrected chi connectivity index (χ2v) is 7.26. The van der Waals surface area contributed by atoms with Crippen LogP contribution < -0.4 is 4.74 Å². The standard InChI is InChI=1S/C25H17ClN2O3/c1-29-20-13-9-17(10-14-20)23-22(28-25(31-23)18-5-3-2-4-6-18)24-21(27-15-30-24)16-7-11-19(26)12-8-16/h2-15H,1H3. The van der Waals surface area contributed by atoms with Gasteiger partial charge in [0.05, 0.1) is 7.11 Å². The number of hydrogen-bond acceptors (Lipinski definition) is 5. The van der Waals surface area contributed by atoms with Crippen molar-refractivity contribution in [3.63, 3.8) is 0 Å². The van der Waals surface area contributed by atoms with Gasteiger partial charge in [0.25, 0.3) is 0 Å². The third-order valence-corrected chi connectivity index (χ3v) is 5.15. The molecule has 0 N–H and O–H groups in total. The van der Waals surface area contributed by atoms with Gasteiger partial charge in [-0.15, -0.1) is 0 Å². The van der Waals surface area contributed by atoms with Crippen LogP contribution in [0.4, 0.5) is 0 Å². The zero-order chi connectivity index (χ0) is 21.2. The molecule has 2 aromatic heterocycles. The first-order chi connectivity index (χ1) is 15.2. The van der Waals surface area contributed by atoms with E-state index in [-0.39, 0.29) is 0 Å². The molecule has 5 nitrogen and oxygen atoms in total. The Morgan fingerprint density at radius 2 is 1.45 bits per heavy atom. The number of nitrogens with zero attached hydrogens (tertiary/aromatic N) is 2. The first-order valence-electron chi connectivity index (χ1n) is 9.63. The number of hydrogen-bond donors (Lipinski definition) is 0. The first kappa shape index (κ1) is 19.2. The van der Waals surface area contributed by atoms with Gasteiger partial charge >= 0.3 is 0 Å². The Balaban J connectivity index is 1.68. The maximum atomic E-state index is 6.23. The molecule has 31 heavy (non-hydrogen) atoms. The highest BCUT2D eigenvalue weighted by Crippen LogP contribution is 2.40. The zero-order valence-electron chi connectivity index (χ0n) is 16.6. The Morgan fingerprint density at radius 3 is 2.16 bits per heavy atom. The number of oxazole rings is 2. The lowest BCUT2D eigenvalue weighted by molar-refractivity contribution is 0.415. The van der Waals surface area contributed by atoms with Crippen molar-refractivity contribution in [1.29, 1.82) is 0 Å². The molecule has 3 aromatic carbocycles. The molecule has 0 saturated heterocycles. The Bertz CT molecular complexity index is 1310. The summed E-state index contributed by atoms with van der Waals surface area (Å²) in [5.74, 6) is 2.38. The molecule has 0 spiro atoms. The van der Waals surface area contributed by atoms with Crippen LogP contribution in [0, 0.1) is 0 Å². The van der Waals surface area contributed by atoms with Crippen molar-refractivity contribution in [2.75, 3.05) is 7.11 Å². The number of benzene rings is 3. The van der Waals surface area contributed by atoms with Crippen LogP contribution in [0.25, 0.3) is 45.5 Å². The number of halogens is 1. The maximum Gasteiger partial charge on any atom is 0.227 e. The van der Waals surface area contributed by atoms with Crippen LogP contribution >= 0.6 is 11.6 Å². The van der Waals surface area contributed by atoms with Crippen molar-refractivity contribution in [2.24, 2.45) is 0 Å². The van der Waals surface area contributed by atoms with Gasteiger partial charge in [0.15, 0.2) is 23.6 Å². The van der Waals surface area contributed by atoms with Crippen LogP contribution in [0.15, 0.2) is 94.1 Å². The summed E-state index contributed by atoms with van der Waals surface area (Å²) in [7, 11) is 1.63. The van der Waals surface area contributed by atoms with E-state index in [1.807, 2.05) is 78.9 Å². The molecule has 0 aliphatic carbocycles. The molecule has 0 bridgehead atoms. The highest BCUT2D eigenvalue weighted by Gasteiger charge is 2.24. The minimum absolute atomic E-state index is 0.500. The summed E-state index contributed by atoms with van der Waals surface area (Å²) in [5, 5.41) is 0.653. The minimum Gasteiger partial charge on any atom is -0.497 e. The lowest BCUT2D eigenvalue weighted by Crippen LogP contribution is -1.87. The number of rotatable bonds is 5. The summed E-state index contributed by atoms with van der Waals surface area (Å²) < 4.78 is 17.3. The molecular formula is C25H17ClN2O3. The Kier molecular flexibility index (Phi) is 5.02. The minimum atomic E-state index is 0.500. The Hall–Kier alpha value is -3.83. The van der Waals surface area contributed by atoms with Gasteiger partial charge < -0.3 is 13.6 Å². The predicted octanol–water partition coefficient (Wildman–Crippen LogP) is 6.99. The van der Waals surface area contributed by atoms with E-state index in [1.165, 1.54) is 6.39 Å². The maximum absolute atomic E-state index is 6.23. The lowest BCUT2D eigenvalue weighted by atomic mass is 10.1.